The first-order valence-electron chi connectivity index (χ1n) is 7.94. The number of aryl methyl sites for hydroxylation is 1. The van der Waals surface area contributed by atoms with Crippen molar-refractivity contribution in [2.75, 3.05) is 7.11 Å². The first-order chi connectivity index (χ1) is 12.7. The molecule has 27 heavy (non-hydrogen) atoms. The summed E-state index contributed by atoms with van der Waals surface area (Å²) in [6.45, 7) is 1.70. The number of methoxy groups -OCH3 is 1. The molecule has 2 heterocycles. The lowest BCUT2D eigenvalue weighted by molar-refractivity contribution is -0.160. The number of imidazole rings is 1. The molecule has 0 amide bonds. The maximum Gasteiger partial charge on any atom is 0.400 e. The van der Waals surface area contributed by atoms with E-state index in [2.05, 4.69) is 10.1 Å². The summed E-state index contributed by atoms with van der Waals surface area (Å²) in [4.78, 5) is 4.65. The van der Waals surface area contributed by atoms with Gasteiger partial charge in [-0.05, 0) is 38.0 Å². The summed E-state index contributed by atoms with van der Waals surface area (Å²) in [5.41, 5.74) is -0.378. The van der Waals surface area contributed by atoms with Gasteiger partial charge in [0.2, 0.25) is 4.96 Å². The van der Waals surface area contributed by atoms with E-state index < -0.39 is 22.3 Å². The fourth-order valence-electron chi connectivity index (χ4n) is 3.10. The van der Waals surface area contributed by atoms with Crippen LogP contribution in [0.1, 0.15) is 23.5 Å². The normalized spacial score (nSPS) is 16.2. The quantitative estimate of drug-likeness (QED) is 0.659. The molecule has 0 bridgehead atoms. The van der Waals surface area contributed by atoms with Gasteiger partial charge in [-0.2, -0.15) is 18.3 Å². The van der Waals surface area contributed by atoms with Crippen molar-refractivity contribution in [1.82, 2.24) is 14.6 Å². The molecular weight excluding hydrogens is 403 g/mol. The summed E-state index contributed by atoms with van der Waals surface area (Å²) < 4.78 is 69.6. The van der Waals surface area contributed by atoms with Crippen LogP contribution in [-0.4, -0.2) is 36.3 Å². The van der Waals surface area contributed by atoms with Crippen LogP contribution in [0.15, 0.2) is 23.1 Å². The van der Waals surface area contributed by atoms with Crippen LogP contribution >= 0.6 is 11.3 Å². The number of aromatic nitrogens is 3. The van der Waals surface area contributed by atoms with E-state index >= 15 is 0 Å². The highest BCUT2D eigenvalue weighted by molar-refractivity contribution is 7.72. The maximum absolute atomic E-state index is 13.4. The molecule has 1 aliphatic rings. The third-order valence-electron chi connectivity index (χ3n) is 4.73. The Bertz CT molecular complexity index is 1120. The Labute approximate surface area is 157 Å². The minimum atomic E-state index is -4.35. The number of hydrogen-bond donors (Lipinski definition) is 1. The average molecular weight is 417 g/mol. The first-order valence-corrected chi connectivity index (χ1v) is 9.93. The number of hydrogen-bond acceptors (Lipinski definition) is 6. The molecule has 1 fully saturated rings. The number of halogens is 3. The van der Waals surface area contributed by atoms with Crippen molar-refractivity contribution in [2.24, 2.45) is 0 Å². The number of fused-ring (bicyclic) bond motifs is 1. The SMILES string of the molecule is COc1ccc(-c2c(C)nc3sc(C4(C(F)(F)F)CC4)nn23)cc1[SH](=O)=O. The van der Waals surface area contributed by atoms with Crippen LogP contribution in [0.4, 0.5) is 13.2 Å². The highest BCUT2D eigenvalue weighted by Crippen LogP contribution is 2.59. The van der Waals surface area contributed by atoms with Crippen LogP contribution in [0.25, 0.3) is 16.2 Å². The van der Waals surface area contributed by atoms with E-state index in [4.69, 9.17) is 4.74 Å². The van der Waals surface area contributed by atoms with E-state index in [1.807, 2.05) is 0 Å². The topological polar surface area (TPSA) is 73.6 Å². The lowest BCUT2D eigenvalue weighted by Crippen LogP contribution is -2.28. The van der Waals surface area contributed by atoms with E-state index in [1.165, 1.54) is 23.8 Å². The summed E-state index contributed by atoms with van der Waals surface area (Å²) in [5.74, 6) is 0.196. The monoisotopic (exact) mass is 417 g/mol. The Hall–Kier alpha value is -2.14. The largest absolute Gasteiger partial charge is 0.495 e. The Balaban J connectivity index is 1.88. The van der Waals surface area contributed by atoms with Gasteiger partial charge < -0.3 is 4.74 Å². The molecule has 2 aromatic heterocycles. The number of ether oxygens (including phenoxy) is 1. The Morgan fingerprint density at radius 2 is 2.00 bits per heavy atom. The summed E-state index contributed by atoms with van der Waals surface area (Å²) in [6.07, 6.45) is -4.32. The van der Waals surface area contributed by atoms with Crippen molar-refractivity contribution < 1.29 is 26.3 Å². The highest BCUT2D eigenvalue weighted by atomic mass is 32.2. The zero-order chi connectivity index (χ0) is 19.6. The minimum absolute atomic E-state index is 0.0104. The minimum Gasteiger partial charge on any atom is -0.495 e. The van der Waals surface area contributed by atoms with E-state index in [0.29, 0.717) is 21.9 Å². The van der Waals surface area contributed by atoms with Crippen LogP contribution in [-0.2, 0) is 16.1 Å². The predicted octanol–water partition coefficient (Wildman–Crippen LogP) is 3.34. The number of thiol groups is 1. The molecule has 0 unspecified atom stereocenters. The van der Waals surface area contributed by atoms with Gasteiger partial charge in [-0.1, -0.05) is 11.3 Å². The number of benzene rings is 1. The molecule has 0 spiro atoms. The number of nitrogens with zero attached hydrogens (tertiary/aromatic N) is 3. The standard InChI is InChI=1S/C16H14F3N3O3S2/c1-8-12(9-3-4-10(25-2)11(7-9)27(23)24)22-14(20-8)26-13(21-22)15(5-6-15)16(17,18)19/h3-4,7,27H,5-6H2,1-2H3. The maximum atomic E-state index is 13.4. The molecule has 0 N–H and O–H groups in total. The zero-order valence-corrected chi connectivity index (χ0v) is 15.9. The molecule has 0 radical (unpaired) electrons. The lowest BCUT2D eigenvalue weighted by Gasteiger charge is -2.15. The summed E-state index contributed by atoms with van der Waals surface area (Å²) in [5, 5.41) is 4.19. The van der Waals surface area contributed by atoms with Gasteiger partial charge in [0.1, 0.15) is 21.1 Å². The highest BCUT2D eigenvalue weighted by Gasteiger charge is 2.66. The first kappa shape index (κ1) is 18.2. The van der Waals surface area contributed by atoms with Crippen LogP contribution < -0.4 is 4.74 Å². The predicted molar refractivity (Wildman–Crippen MR) is 93.1 cm³/mol. The van der Waals surface area contributed by atoms with Crippen molar-refractivity contribution >= 4 is 27.0 Å². The molecule has 3 aromatic rings. The summed E-state index contributed by atoms with van der Waals surface area (Å²) in [6, 6.07) is 4.55. The van der Waals surface area contributed by atoms with Crippen molar-refractivity contribution in [3.63, 3.8) is 0 Å². The summed E-state index contributed by atoms with van der Waals surface area (Å²) >= 11 is 0.918. The molecule has 1 aliphatic carbocycles. The zero-order valence-electron chi connectivity index (χ0n) is 14.2. The van der Waals surface area contributed by atoms with Gasteiger partial charge in [-0.25, -0.2) is 17.9 Å². The molecule has 1 saturated carbocycles. The molecule has 0 saturated heterocycles. The second-order valence-corrected chi connectivity index (χ2v) is 8.32. The van der Waals surface area contributed by atoms with E-state index in [9.17, 15) is 21.6 Å². The number of rotatable bonds is 4. The average Bonchev–Trinajstić information content (AvgIpc) is 3.24. The number of alkyl halides is 3. The van der Waals surface area contributed by atoms with Gasteiger partial charge >= 0.3 is 6.18 Å². The second kappa shape index (κ2) is 5.93. The van der Waals surface area contributed by atoms with Crippen molar-refractivity contribution in [3.05, 3.63) is 28.9 Å². The van der Waals surface area contributed by atoms with Crippen LogP contribution in [0.5, 0.6) is 5.75 Å². The van der Waals surface area contributed by atoms with E-state index in [0.717, 1.165) is 11.3 Å². The van der Waals surface area contributed by atoms with Crippen molar-refractivity contribution in [2.45, 2.75) is 36.3 Å². The van der Waals surface area contributed by atoms with Crippen LogP contribution in [0, 0.1) is 6.92 Å². The van der Waals surface area contributed by atoms with Gasteiger partial charge in [0.15, 0.2) is 10.7 Å². The van der Waals surface area contributed by atoms with Gasteiger partial charge in [0, 0.05) is 5.56 Å². The smallest absolute Gasteiger partial charge is 0.400 e. The molecule has 0 aliphatic heterocycles. The Morgan fingerprint density at radius 1 is 1.30 bits per heavy atom. The van der Waals surface area contributed by atoms with Crippen LogP contribution in [0.2, 0.25) is 0 Å². The Morgan fingerprint density at radius 3 is 2.56 bits per heavy atom. The molecular formula is C16H14F3N3O3S2. The third kappa shape index (κ3) is 2.71. The van der Waals surface area contributed by atoms with Gasteiger partial charge in [-0.15, -0.1) is 0 Å². The molecule has 6 nitrogen and oxygen atoms in total. The second-order valence-electron chi connectivity index (χ2n) is 6.37. The van der Waals surface area contributed by atoms with E-state index in [-0.39, 0.29) is 28.5 Å². The van der Waals surface area contributed by atoms with Gasteiger partial charge in [-0.3, -0.25) is 0 Å². The molecule has 0 atom stereocenters. The molecule has 4 rings (SSSR count). The van der Waals surface area contributed by atoms with Crippen molar-refractivity contribution in [1.29, 1.82) is 0 Å². The Kier molecular flexibility index (Phi) is 4.00. The van der Waals surface area contributed by atoms with Gasteiger partial charge in [0.05, 0.1) is 18.5 Å². The fourth-order valence-corrected chi connectivity index (χ4v) is 4.90. The summed E-state index contributed by atoms with van der Waals surface area (Å²) in [7, 11) is -1.55. The molecule has 11 heteroatoms. The molecule has 1 aromatic carbocycles. The molecule has 144 valence electrons. The fraction of sp³-hybridized carbons (Fsp3) is 0.375. The van der Waals surface area contributed by atoms with Crippen LogP contribution in [0.3, 0.4) is 0 Å². The third-order valence-corrected chi connectivity index (χ3v) is 6.58. The lowest BCUT2D eigenvalue weighted by atomic mass is 10.1. The van der Waals surface area contributed by atoms with E-state index in [1.54, 1.807) is 13.0 Å². The van der Waals surface area contributed by atoms with Gasteiger partial charge in [0.25, 0.3) is 0 Å². The van der Waals surface area contributed by atoms with Crippen molar-refractivity contribution in [3.8, 4) is 17.0 Å².